The second kappa shape index (κ2) is 7.27. The molecule has 26 heavy (non-hydrogen) atoms. The van der Waals surface area contributed by atoms with Crippen molar-refractivity contribution in [3.8, 4) is 0 Å². The van der Waals surface area contributed by atoms with E-state index in [1.165, 1.54) is 0 Å². The molecule has 0 saturated carbocycles. The monoisotopic (exact) mass is 388 g/mol. The molecule has 0 aliphatic carbocycles. The number of piperazine rings is 1. The Morgan fingerprint density at radius 1 is 1.08 bits per heavy atom. The number of fused-ring (bicyclic) bond motifs is 1. The van der Waals surface area contributed by atoms with Gasteiger partial charge in [0.25, 0.3) is 5.91 Å². The van der Waals surface area contributed by atoms with E-state index in [4.69, 9.17) is 23.2 Å². The highest BCUT2D eigenvalue weighted by Crippen LogP contribution is 2.23. The molecule has 4 rings (SSSR count). The fourth-order valence-electron chi connectivity index (χ4n) is 3.23. The number of aromatic amines is 1. The molecule has 1 aromatic heterocycles. The number of rotatable bonds is 3. The molecular formula is C19H18Cl2N4O. The number of carbonyl (C=O) groups is 1. The molecule has 0 spiro atoms. The number of imidazole rings is 1. The first kappa shape index (κ1) is 17.3. The third-order valence-electron chi connectivity index (χ3n) is 4.63. The second-order valence-corrected chi connectivity index (χ2v) is 7.24. The molecule has 1 aliphatic heterocycles. The van der Waals surface area contributed by atoms with Gasteiger partial charge < -0.3 is 9.88 Å². The summed E-state index contributed by atoms with van der Waals surface area (Å²) in [4.78, 5) is 24.8. The van der Waals surface area contributed by atoms with Crippen molar-refractivity contribution in [3.05, 3.63) is 63.9 Å². The van der Waals surface area contributed by atoms with Crippen LogP contribution in [-0.4, -0.2) is 51.9 Å². The van der Waals surface area contributed by atoms with Crippen molar-refractivity contribution in [3.63, 3.8) is 0 Å². The lowest BCUT2D eigenvalue weighted by molar-refractivity contribution is 0.0626. The third kappa shape index (κ3) is 3.56. The Bertz CT molecular complexity index is 915. The van der Waals surface area contributed by atoms with E-state index in [1.807, 2.05) is 29.2 Å². The fraction of sp³-hybridized carbons (Fsp3) is 0.263. The number of benzene rings is 2. The molecule has 7 heteroatoms. The van der Waals surface area contributed by atoms with Gasteiger partial charge in [0.05, 0.1) is 28.2 Å². The number of hydrogen-bond acceptors (Lipinski definition) is 3. The minimum absolute atomic E-state index is 0.0462. The van der Waals surface area contributed by atoms with Gasteiger partial charge in [0, 0.05) is 31.2 Å². The van der Waals surface area contributed by atoms with Crippen molar-refractivity contribution in [1.82, 2.24) is 19.8 Å². The summed E-state index contributed by atoms with van der Waals surface area (Å²) in [5, 5.41) is 0.925. The highest BCUT2D eigenvalue weighted by Gasteiger charge is 2.24. The Kier molecular flexibility index (Phi) is 4.85. The summed E-state index contributed by atoms with van der Waals surface area (Å²) in [6.07, 6.45) is 0. The van der Waals surface area contributed by atoms with Gasteiger partial charge in [-0.15, -0.1) is 0 Å². The maximum absolute atomic E-state index is 12.7. The van der Waals surface area contributed by atoms with Crippen LogP contribution in [0, 0.1) is 0 Å². The van der Waals surface area contributed by atoms with Crippen LogP contribution in [0.3, 0.4) is 0 Å². The number of hydrogen-bond donors (Lipinski definition) is 1. The third-order valence-corrected chi connectivity index (χ3v) is 5.18. The van der Waals surface area contributed by atoms with Crippen LogP contribution in [-0.2, 0) is 6.54 Å². The van der Waals surface area contributed by atoms with Gasteiger partial charge in [-0.1, -0.05) is 35.3 Å². The van der Waals surface area contributed by atoms with Crippen molar-refractivity contribution in [2.24, 2.45) is 0 Å². The van der Waals surface area contributed by atoms with Gasteiger partial charge in [-0.25, -0.2) is 4.98 Å². The lowest BCUT2D eigenvalue weighted by atomic mass is 10.2. The van der Waals surface area contributed by atoms with Crippen LogP contribution in [0.15, 0.2) is 42.5 Å². The van der Waals surface area contributed by atoms with Crippen molar-refractivity contribution in [2.45, 2.75) is 6.54 Å². The summed E-state index contributed by atoms with van der Waals surface area (Å²) in [7, 11) is 0. The number of carbonyl (C=O) groups excluding carboxylic acids is 1. The maximum Gasteiger partial charge on any atom is 0.255 e. The highest BCUT2D eigenvalue weighted by molar-refractivity contribution is 6.36. The quantitative estimate of drug-likeness (QED) is 0.741. The van der Waals surface area contributed by atoms with Gasteiger partial charge in [-0.2, -0.15) is 0 Å². The van der Waals surface area contributed by atoms with Crippen LogP contribution < -0.4 is 0 Å². The van der Waals surface area contributed by atoms with Crippen LogP contribution in [0.1, 0.15) is 16.2 Å². The van der Waals surface area contributed by atoms with Gasteiger partial charge in [-0.3, -0.25) is 9.69 Å². The SMILES string of the molecule is O=C(c1ccc(Cl)cc1Cl)N1CCN(Cc2nc3ccccc3[nH]2)CC1. The van der Waals surface area contributed by atoms with Crippen molar-refractivity contribution in [1.29, 1.82) is 0 Å². The average Bonchev–Trinajstić information content (AvgIpc) is 3.04. The molecule has 1 saturated heterocycles. The summed E-state index contributed by atoms with van der Waals surface area (Å²) in [6.45, 7) is 3.68. The number of amides is 1. The lowest BCUT2D eigenvalue weighted by Gasteiger charge is -2.34. The predicted molar refractivity (Wildman–Crippen MR) is 104 cm³/mol. The van der Waals surface area contributed by atoms with Gasteiger partial charge in [-0.05, 0) is 30.3 Å². The number of H-pyrrole nitrogens is 1. The summed E-state index contributed by atoms with van der Waals surface area (Å²) < 4.78 is 0. The van der Waals surface area contributed by atoms with Crippen LogP contribution in [0.2, 0.25) is 10.0 Å². The Morgan fingerprint density at radius 3 is 2.58 bits per heavy atom. The van der Waals surface area contributed by atoms with E-state index < -0.39 is 0 Å². The number of aromatic nitrogens is 2. The molecule has 1 fully saturated rings. The van der Waals surface area contributed by atoms with E-state index in [0.717, 1.165) is 36.5 Å². The molecule has 1 aliphatic rings. The Labute approximate surface area is 161 Å². The first-order valence-electron chi connectivity index (χ1n) is 8.50. The first-order valence-corrected chi connectivity index (χ1v) is 9.26. The average molecular weight is 389 g/mol. The molecule has 2 aromatic carbocycles. The summed E-state index contributed by atoms with van der Waals surface area (Å²) in [6, 6.07) is 13.0. The predicted octanol–water partition coefficient (Wildman–Crippen LogP) is 3.83. The second-order valence-electron chi connectivity index (χ2n) is 6.39. The highest BCUT2D eigenvalue weighted by atomic mass is 35.5. The van der Waals surface area contributed by atoms with Crippen LogP contribution in [0.5, 0.6) is 0 Å². The van der Waals surface area contributed by atoms with Gasteiger partial charge in [0.15, 0.2) is 0 Å². The van der Waals surface area contributed by atoms with Crippen molar-refractivity contribution < 1.29 is 4.79 Å². The largest absolute Gasteiger partial charge is 0.341 e. The van der Waals surface area contributed by atoms with Crippen molar-refractivity contribution >= 4 is 40.1 Å². The van der Waals surface area contributed by atoms with Crippen LogP contribution in [0.4, 0.5) is 0 Å². The molecule has 3 aromatic rings. The standard InChI is InChI=1S/C19H18Cl2N4O/c20-13-5-6-14(15(21)11-13)19(26)25-9-7-24(8-10-25)12-18-22-16-3-1-2-4-17(16)23-18/h1-6,11H,7-10,12H2,(H,22,23). The van der Waals surface area contributed by atoms with E-state index >= 15 is 0 Å². The van der Waals surface area contributed by atoms with E-state index in [2.05, 4.69) is 14.9 Å². The van der Waals surface area contributed by atoms with Gasteiger partial charge in [0.2, 0.25) is 0 Å². The Hall–Kier alpha value is -2.08. The molecule has 1 N–H and O–H groups in total. The number of halogens is 2. The topological polar surface area (TPSA) is 52.2 Å². The Balaban J connectivity index is 1.38. The maximum atomic E-state index is 12.7. The zero-order chi connectivity index (χ0) is 18.1. The molecule has 5 nitrogen and oxygen atoms in total. The van der Waals surface area contributed by atoms with E-state index in [9.17, 15) is 4.79 Å². The summed E-state index contributed by atoms with van der Waals surface area (Å²) >= 11 is 12.1. The minimum Gasteiger partial charge on any atom is -0.341 e. The molecule has 0 atom stereocenters. The zero-order valence-electron chi connectivity index (χ0n) is 14.1. The van der Waals surface area contributed by atoms with E-state index in [1.54, 1.807) is 18.2 Å². The molecule has 0 bridgehead atoms. The number of nitrogens with zero attached hydrogens (tertiary/aromatic N) is 3. The first-order chi connectivity index (χ1) is 12.6. The normalized spacial score (nSPS) is 15.5. The molecule has 1 amide bonds. The minimum atomic E-state index is -0.0462. The summed E-state index contributed by atoms with van der Waals surface area (Å²) in [5.74, 6) is 0.904. The van der Waals surface area contributed by atoms with Crippen LogP contribution in [0.25, 0.3) is 11.0 Å². The molecule has 134 valence electrons. The van der Waals surface area contributed by atoms with E-state index in [0.29, 0.717) is 28.7 Å². The van der Waals surface area contributed by atoms with Gasteiger partial charge in [0.1, 0.15) is 5.82 Å². The summed E-state index contributed by atoms with van der Waals surface area (Å²) in [5.41, 5.74) is 2.53. The van der Waals surface area contributed by atoms with E-state index in [-0.39, 0.29) is 5.91 Å². The zero-order valence-corrected chi connectivity index (χ0v) is 15.6. The fourth-order valence-corrected chi connectivity index (χ4v) is 3.72. The molecular weight excluding hydrogens is 371 g/mol. The van der Waals surface area contributed by atoms with Crippen LogP contribution >= 0.6 is 23.2 Å². The molecule has 0 radical (unpaired) electrons. The number of nitrogens with one attached hydrogen (secondary N) is 1. The van der Waals surface area contributed by atoms with Crippen molar-refractivity contribution in [2.75, 3.05) is 26.2 Å². The van der Waals surface area contributed by atoms with Gasteiger partial charge >= 0.3 is 0 Å². The number of para-hydroxylation sites is 2. The lowest BCUT2D eigenvalue weighted by Crippen LogP contribution is -2.48. The smallest absolute Gasteiger partial charge is 0.255 e. The molecule has 2 heterocycles. The Morgan fingerprint density at radius 2 is 1.85 bits per heavy atom. The molecule has 0 unspecified atom stereocenters.